The first-order valence-corrected chi connectivity index (χ1v) is 7.96. The summed E-state index contributed by atoms with van der Waals surface area (Å²) in [5.74, 6) is -0.130. The number of H-pyrrole nitrogens is 1. The van der Waals surface area contributed by atoms with Gasteiger partial charge >= 0.3 is 0 Å². The van der Waals surface area contributed by atoms with E-state index in [2.05, 4.69) is 15.3 Å². The Hall–Kier alpha value is -2.18. The van der Waals surface area contributed by atoms with E-state index in [9.17, 15) is 4.79 Å². The number of rotatable bonds is 5. The van der Waals surface area contributed by atoms with Crippen molar-refractivity contribution >= 4 is 11.6 Å². The van der Waals surface area contributed by atoms with Crippen molar-refractivity contribution in [3.8, 4) is 11.3 Å². The highest BCUT2D eigenvalue weighted by atomic mass is 16.5. The fourth-order valence-electron chi connectivity index (χ4n) is 2.79. The third-order valence-electron chi connectivity index (χ3n) is 4.15. The summed E-state index contributed by atoms with van der Waals surface area (Å²) < 4.78 is 5.67. The van der Waals surface area contributed by atoms with Gasteiger partial charge in [0.2, 0.25) is 5.91 Å². The van der Waals surface area contributed by atoms with E-state index in [-0.39, 0.29) is 24.7 Å². The number of imidazole rings is 1. The van der Waals surface area contributed by atoms with Crippen LogP contribution < -0.4 is 11.1 Å². The van der Waals surface area contributed by atoms with E-state index in [4.69, 9.17) is 10.5 Å². The molecule has 0 aliphatic heterocycles. The summed E-state index contributed by atoms with van der Waals surface area (Å²) in [6.45, 7) is 0.0855. The summed E-state index contributed by atoms with van der Waals surface area (Å²) in [5, 5.41) is 2.85. The van der Waals surface area contributed by atoms with Crippen LogP contribution in [0.3, 0.4) is 0 Å². The van der Waals surface area contributed by atoms with Gasteiger partial charge in [0.05, 0.1) is 24.3 Å². The smallest absolute Gasteiger partial charge is 0.250 e. The number of nitrogens with one attached hydrogen (secondary N) is 2. The number of ether oxygens (including phenoxy) is 1. The van der Waals surface area contributed by atoms with Crippen LogP contribution in [0, 0.1) is 0 Å². The van der Waals surface area contributed by atoms with Gasteiger partial charge in [0.15, 0.2) is 0 Å². The van der Waals surface area contributed by atoms with Gasteiger partial charge in [0.1, 0.15) is 6.61 Å². The molecular weight excluding hydrogens is 292 g/mol. The van der Waals surface area contributed by atoms with Crippen LogP contribution in [0.25, 0.3) is 11.3 Å². The average Bonchev–Trinajstić information content (AvgIpc) is 3.09. The van der Waals surface area contributed by atoms with Crippen LogP contribution in [0.5, 0.6) is 0 Å². The topological polar surface area (TPSA) is 93.0 Å². The fourth-order valence-corrected chi connectivity index (χ4v) is 2.79. The Bertz CT molecular complexity index is 617. The standard InChI is InChI=1S/C17H22N4O2/c18-13-3-7-15(8-4-13)23-10-17(22)21-14-5-1-12(2-6-14)16-9-19-11-20-16/h1-2,5-6,9,11,13,15H,3-4,7-8,10,18H2,(H,19,20)(H,21,22). The predicted octanol–water partition coefficient (Wildman–Crippen LogP) is 2.30. The Balaban J connectivity index is 1.46. The second-order valence-electron chi connectivity index (χ2n) is 5.94. The van der Waals surface area contributed by atoms with Gasteiger partial charge in [-0.1, -0.05) is 12.1 Å². The molecule has 1 saturated carbocycles. The molecule has 4 N–H and O–H groups in total. The number of nitrogens with two attached hydrogens (primary N) is 1. The van der Waals surface area contributed by atoms with Gasteiger partial charge in [-0.15, -0.1) is 0 Å². The number of aromatic nitrogens is 2. The zero-order chi connectivity index (χ0) is 16.1. The number of carbonyl (C=O) groups is 1. The summed E-state index contributed by atoms with van der Waals surface area (Å²) in [7, 11) is 0. The molecule has 1 amide bonds. The van der Waals surface area contributed by atoms with Crippen LogP contribution in [0.1, 0.15) is 25.7 Å². The predicted molar refractivity (Wildman–Crippen MR) is 88.8 cm³/mol. The Morgan fingerprint density at radius 3 is 2.65 bits per heavy atom. The van der Waals surface area contributed by atoms with Crippen LogP contribution >= 0.6 is 0 Å². The van der Waals surface area contributed by atoms with Gasteiger partial charge < -0.3 is 20.8 Å². The number of anilines is 1. The van der Waals surface area contributed by atoms with Gasteiger partial charge in [-0.05, 0) is 43.4 Å². The van der Waals surface area contributed by atoms with Crippen molar-refractivity contribution in [3.05, 3.63) is 36.8 Å². The normalized spacial score (nSPS) is 21.1. The molecule has 0 radical (unpaired) electrons. The molecule has 1 aliphatic carbocycles. The van der Waals surface area contributed by atoms with Crippen molar-refractivity contribution < 1.29 is 9.53 Å². The summed E-state index contributed by atoms with van der Waals surface area (Å²) >= 11 is 0. The lowest BCUT2D eigenvalue weighted by molar-refractivity contribution is -0.123. The van der Waals surface area contributed by atoms with Crippen molar-refractivity contribution in [3.63, 3.8) is 0 Å². The van der Waals surface area contributed by atoms with E-state index >= 15 is 0 Å². The molecule has 2 aromatic rings. The van der Waals surface area contributed by atoms with Crippen LogP contribution in [-0.4, -0.2) is 34.6 Å². The van der Waals surface area contributed by atoms with Crippen molar-refractivity contribution in [2.45, 2.75) is 37.8 Å². The lowest BCUT2D eigenvalue weighted by Gasteiger charge is -2.25. The average molecular weight is 314 g/mol. The minimum Gasteiger partial charge on any atom is -0.368 e. The van der Waals surface area contributed by atoms with E-state index in [0.29, 0.717) is 0 Å². The molecule has 6 heteroatoms. The van der Waals surface area contributed by atoms with Gasteiger partial charge in [-0.2, -0.15) is 0 Å². The molecule has 1 heterocycles. The number of benzene rings is 1. The highest BCUT2D eigenvalue weighted by Crippen LogP contribution is 2.20. The Morgan fingerprint density at radius 2 is 2.00 bits per heavy atom. The second-order valence-corrected chi connectivity index (χ2v) is 5.94. The maximum Gasteiger partial charge on any atom is 0.250 e. The van der Waals surface area contributed by atoms with Gasteiger partial charge in [0.25, 0.3) is 0 Å². The van der Waals surface area contributed by atoms with E-state index in [1.165, 1.54) is 0 Å². The largest absolute Gasteiger partial charge is 0.368 e. The molecule has 0 spiro atoms. The highest BCUT2D eigenvalue weighted by Gasteiger charge is 2.19. The van der Waals surface area contributed by atoms with Gasteiger partial charge in [-0.25, -0.2) is 4.98 Å². The third kappa shape index (κ3) is 4.40. The molecule has 3 rings (SSSR count). The molecule has 1 aromatic heterocycles. The number of carbonyl (C=O) groups excluding carboxylic acids is 1. The molecule has 6 nitrogen and oxygen atoms in total. The van der Waals surface area contributed by atoms with Crippen molar-refractivity contribution in [1.82, 2.24) is 9.97 Å². The molecule has 1 fully saturated rings. The Kier molecular flexibility index (Phi) is 5.05. The number of nitrogens with zero attached hydrogens (tertiary/aromatic N) is 1. The highest BCUT2D eigenvalue weighted by molar-refractivity contribution is 5.91. The molecule has 1 aliphatic rings. The van der Waals surface area contributed by atoms with E-state index in [0.717, 1.165) is 42.6 Å². The number of aromatic amines is 1. The minimum atomic E-state index is -0.130. The molecule has 0 saturated heterocycles. The molecule has 122 valence electrons. The molecule has 23 heavy (non-hydrogen) atoms. The minimum absolute atomic E-state index is 0.0855. The number of amides is 1. The number of hydrogen-bond donors (Lipinski definition) is 3. The second kappa shape index (κ2) is 7.39. The molecule has 0 bridgehead atoms. The summed E-state index contributed by atoms with van der Waals surface area (Å²) in [6, 6.07) is 7.90. The lowest BCUT2D eigenvalue weighted by Crippen LogP contribution is -2.32. The van der Waals surface area contributed by atoms with Gasteiger partial charge in [-0.3, -0.25) is 4.79 Å². The Labute approximate surface area is 135 Å². The zero-order valence-electron chi connectivity index (χ0n) is 13.0. The monoisotopic (exact) mass is 314 g/mol. The molecule has 0 unspecified atom stereocenters. The maximum absolute atomic E-state index is 12.0. The molecule has 1 aromatic carbocycles. The summed E-state index contributed by atoms with van der Waals surface area (Å²) in [6.07, 6.45) is 7.38. The first-order valence-electron chi connectivity index (χ1n) is 7.96. The summed E-state index contributed by atoms with van der Waals surface area (Å²) in [5.41, 5.74) is 8.59. The van der Waals surface area contributed by atoms with Crippen molar-refractivity contribution in [1.29, 1.82) is 0 Å². The van der Waals surface area contributed by atoms with Crippen LogP contribution in [0.2, 0.25) is 0 Å². The maximum atomic E-state index is 12.0. The lowest BCUT2D eigenvalue weighted by atomic mass is 9.94. The first-order chi connectivity index (χ1) is 11.2. The van der Waals surface area contributed by atoms with E-state index in [1.54, 1.807) is 12.5 Å². The van der Waals surface area contributed by atoms with Crippen molar-refractivity contribution in [2.24, 2.45) is 5.73 Å². The van der Waals surface area contributed by atoms with E-state index < -0.39 is 0 Å². The van der Waals surface area contributed by atoms with Crippen LogP contribution in [0.15, 0.2) is 36.8 Å². The number of hydrogen-bond acceptors (Lipinski definition) is 4. The Morgan fingerprint density at radius 1 is 1.26 bits per heavy atom. The quantitative estimate of drug-likeness (QED) is 0.789. The fraction of sp³-hybridized carbons (Fsp3) is 0.412. The molecular formula is C17H22N4O2. The SMILES string of the molecule is NC1CCC(OCC(=O)Nc2ccc(-c3cnc[nH]3)cc2)CC1. The third-order valence-corrected chi connectivity index (χ3v) is 4.15. The van der Waals surface area contributed by atoms with Crippen LogP contribution in [-0.2, 0) is 9.53 Å². The zero-order valence-corrected chi connectivity index (χ0v) is 13.0. The molecule has 0 atom stereocenters. The van der Waals surface area contributed by atoms with E-state index in [1.807, 2.05) is 24.3 Å². The van der Waals surface area contributed by atoms with Crippen LogP contribution in [0.4, 0.5) is 5.69 Å². The van der Waals surface area contributed by atoms with Gasteiger partial charge in [0, 0.05) is 11.7 Å². The van der Waals surface area contributed by atoms with Crippen molar-refractivity contribution in [2.75, 3.05) is 11.9 Å². The first kappa shape index (κ1) is 15.7. The summed E-state index contributed by atoms with van der Waals surface area (Å²) in [4.78, 5) is 19.0.